The molecule has 0 radical (unpaired) electrons. The van der Waals surface area contributed by atoms with E-state index in [4.69, 9.17) is 9.47 Å². The fraction of sp³-hybridized carbons (Fsp3) is 0.333. The summed E-state index contributed by atoms with van der Waals surface area (Å²) in [5.74, 6) is -0.731. The molecule has 7 nitrogen and oxygen atoms in total. The Kier molecular flexibility index (Phi) is 5.84. The number of carboxylic acid groups (broad SMARTS) is 1. The maximum absolute atomic E-state index is 12.3. The highest BCUT2D eigenvalue weighted by atomic mass is 16.6. The third-order valence-electron chi connectivity index (χ3n) is 5.95. The van der Waals surface area contributed by atoms with E-state index in [-0.39, 0.29) is 17.6 Å². The van der Waals surface area contributed by atoms with Gasteiger partial charge in [-0.2, -0.15) is 0 Å². The van der Waals surface area contributed by atoms with Crippen molar-refractivity contribution in [1.29, 1.82) is 0 Å². The van der Waals surface area contributed by atoms with Gasteiger partial charge in [-0.15, -0.1) is 0 Å². The Labute approximate surface area is 180 Å². The molecule has 31 heavy (non-hydrogen) atoms. The summed E-state index contributed by atoms with van der Waals surface area (Å²) in [5, 5.41) is 13.4. The van der Waals surface area contributed by atoms with E-state index in [2.05, 4.69) is 10.3 Å². The molecular formula is C24H26N2O5. The Morgan fingerprint density at radius 1 is 1.19 bits per heavy atom. The molecular weight excluding hydrogens is 396 g/mol. The first-order valence-electron chi connectivity index (χ1n) is 10.5. The standard InChI is InChI=1S/C24H26N2O5/c1-14(22-17(23(27)28)8-5-9-21(22)30-2)19-13-25-20-11-10-15(12-18(19)20)26-24(29)31-16-6-3-4-7-16/h5,8-14,16,25H,3-4,6-7H2,1-2H3,(H,26,29)(H,27,28). The van der Waals surface area contributed by atoms with Crippen LogP contribution in [0, 0.1) is 0 Å². The lowest BCUT2D eigenvalue weighted by atomic mass is 9.88. The summed E-state index contributed by atoms with van der Waals surface area (Å²) < 4.78 is 10.9. The smallest absolute Gasteiger partial charge is 0.411 e. The molecule has 1 unspecified atom stereocenters. The van der Waals surface area contributed by atoms with Gasteiger partial charge in [0.2, 0.25) is 0 Å². The summed E-state index contributed by atoms with van der Waals surface area (Å²) in [5.41, 5.74) is 3.24. The molecule has 1 aliphatic rings. The van der Waals surface area contributed by atoms with E-state index in [0.717, 1.165) is 42.1 Å². The summed E-state index contributed by atoms with van der Waals surface area (Å²) >= 11 is 0. The van der Waals surface area contributed by atoms with Crippen molar-refractivity contribution in [3.8, 4) is 5.75 Å². The number of methoxy groups -OCH3 is 1. The molecule has 3 aromatic rings. The maximum atomic E-state index is 12.3. The first-order chi connectivity index (χ1) is 15.0. The second kappa shape index (κ2) is 8.71. The van der Waals surface area contributed by atoms with Crippen molar-refractivity contribution in [2.45, 2.75) is 44.6 Å². The number of H-pyrrole nitrogens is 1. The number of amides is 1. The van der Waals surface area contributed by atoms with Gasteiger partial charge >= 0.3 is 12.1 Å². The van der Waals surface area contributed by atoms with Crippen LogP contribution in [0.4, 0.5) is 10.5 Å². The highest BCUT2D eigenvalue weighted by Gasteiger charge is 2.24. The first-order valence-corrected chi connectivity index (χ1v) is 10.5. The lowest BCUT2D eigenvalue weighted by Gasteiger charge is -2.18. The molecule has 0 saturated heterocycles. The lowest BCUT2D eigenvalue weighted by molar-refractivity contribution is 0.0694. The Balaban J connectivity index is 1.65. The van der Waals surface area contributed by atoms with E-state index in [9.17, 15) is 14.7 Å². The van der Waals surface area contributed by atoms with Gasteiger partial charge in [-0.05, 0) is 61.6 Å². The van der Waals surface area contributed by atoms with Crippen LogP contribution in [-0.4, -0.2) is 35.4 Å². The number of ether oxygens (including phenoxy) is 2. The number of carboxylic acids is 1. The summed E-state index contributed by atoms with van der Waals surface area (Å²) in [6, 6.07) is 10.6. The molecule has 162 valence electrons. The minimum absolute atomic E-state index is 0.00782. The van der Waals surface area contributed by atoms with E-state index in [1.165, 1.54) is 7.11 Å². The Hall–Kier alpha value is -3.48. The molecule has 0 aliphatic heterocycles. The second-order valence-electron chi connectivity index (χ2n) is 7.89. The molecule has 0 bridgehead atoms. The largest absolute Gasteiger partial charge is 0.496 e. The van der Waals surface area contributed by atoms with E-state index >= 15 is 0 Å². The number of carbonyl (C=O) groups excluding carboxylic acids is 1. The second-order valence-corrected chi connectivity index (χ2v) is 7.89. The minimum Gasteiger partial charge on any atom is -0.496 e. The van der Waals surface area contributed by atoms with Crippen molar-refractivity contribution >= 4 is 28.7 Å². The average molecular weight is 422 g/mol. The monoisotopic (exact) mass is 422 g/mol. The summed E-state index contributed by atoms with van der Waals surface area (Å²) in [6.07, 6.45) is 5.42. The molecule has 1 amide bonds. The predicted octanol–water partition coefficient (Wildman–Crippen LogP) is 5.52. The highest BCUT2D eigenvalue weighted by Crippen LogP contribution is 2.38. The Morgan fingerprint density at radius 2 is 1.97 bits per heavy atom. The Morgan fingerprint density at radius 3 is 2.68 bits per heavy atom. The number of carbonyl (C=O) groups is 2. The molecule has 0 spiro atoms. The van der Waals surface area contributed by atoms with Crippen LogP contribution in [0.1, 0.15) is 60.0 Å². The molecule has 7 heteroatoms. The molecule has 3 N–H and O–H groups in total. The number of hydrogen-bond donors (Lipinski definition) is 3. The lowest BCUT2D eigenvalue weighted by Crippen LogP contribution is -2.20. The summed E-state index contributed by atoms with van der Waals surface area (Å²) in [6.45, 7) is 1.95. The number of rotatable bonds is 6. The zero-order valence-electron chi connectivity index (χ0n) is 17.6. The van der Waals surface area contributed by atoms with Gasteiger partial charge in [-0.1, -0.05) is 13.0 Å². The SMILES string of the molecule is COc1cccc(C(=O)O)c1C(C)c1c[nH]c2ccc(NC(=O)OC3CCCC3)cc12. The fourth-order valence-corrected chi connectivity index (χ4v) is 4.39. The summed E-state index contributed by atoms with van der Waals surface area (Å²) in [4.78, 5) is 27.3. The third-order valence-corrected chi connectivity index (χ3v) is 5.95. The van der Waals surface area contributed by atoms with Crippen molar-refractivity contribution < 1.29 is 24.2 Å². The van der Waals surface area contributed by atoms with Gasteiger partial charge in [0.25, 0.3) is 0 Å². The molecule has 1 aromatic heterocycles. The molecule has 2 aromatic carbocycles. The fourth-order valence-electron chi connectivity index (χ4n) is 4.39. The normalized spacial score (nSPS) is 15.0. The van der Waals surface area contributed by atoms with E-state index in [1.807, 2.05) is 31.3 Å². The Bertz CT molecular complexity index is 1110. The van der Waals surface area contributed by atoms with E-state index < -0.39 is 12.1 Å². The molecule has 1 aliphatic carbocycles. The van der Waals surface area contributed by atoms with Crippen molar-refractivity contribution in [3.63, 3.8) is 0 Å². The van der Waals surface area contributed by atoms with Crippen molar-refractivity contribution in [2.75, 3.05) is 12.4 Å². The number of aromatic nitrogens is 1. The van der Waals surface area contributed by atoms with Crippen LogP contribution in [0.5, 0.6) is 5.75 Å². The minimum atomic E-state index is -1.00. The molecule has 1 heterocycles. The number of anilines is 1. The summed E-state index contributed by atoms with van der Waals surface area (Å²) in [7, 11) is 1.53. The van der Waals surface area contributed by atoms with Gasteiger partial charge < -0.3 is 19.6 Å². The van der Waals surface area contributed by atoms with Gasteiger partial charge in [-0.3, -0.25) is 5.32 Å². The van der Waals surface area contributed by atoms with Gasteiger partial charge in [0.1, 0.15) is 11.9 Å². The number of aromatic amines is 1. The van der Waals surface area contributed by atoms with E-state index in [0.29, 0.717) is 17.0 Å². The number of hydrogen-bond acceptors (Lipinski definition) is 4. The van der Waals surface area contributed by atoms with Gasteiger partial charge in [0, 0.05) is 34.3 Å². The molecule has 1 fully saturated rings. The van der Waals surface area contributed by atoms with Crippen LogP contribution in [0.2, 0.25) is 0 Å². The van der Waals surface area contributed by atoms with Gasteiger partial charge in [0.15, 0.2) is 0 Å². The average Bonchev–Trinajstić information content (AvgIpc) is 3.42. The van der Waals surface area contributed by atoms with Crippen LogP contribution in [-0.2, 0) is 4.74 Å². The maximum Gasteiger partial charge on any atom is 0.411 e. The zero-order chi connectivity index (χ0) is 22.0. The number of aromatic carboxylic acids is 1. The predicted molar refractivity (Wildman–Crippen MR) is 118 cm³/mol. The van der Waals surface area contributed by atoms with Crippen LogP contribution >= 0.6 is 0 Å². The highest BCUT2D eigenvalue weighted by molar-refractivity contribution is 5.94. The number of benzene rings is 2. The number of nitrogens with one attached hydrogen (secondary N) is 2. The van der Waals surface area contributed by atoms with E-state index in [1.54, 1.807) is 18.2 Å². The topological polar surface area (TPSA) is 101 Å². The van der Waals surface area contributed by atoms with Gasteiger partial charge in [0.05, 0.1) is 12.7 Å². The zero-order valence-corrected chi connectivity index (χ0v) is 17.6. The van der Waals surface area contributed by atoms with Crippen molar-refractivity contribution in [3.05, 3.63) is 59.3 Å². The van der Waals surface area contributed by atoms with Crippen LogP contribution < -0.4 is 10.1 Å². The quantitative estimate of drug-likeness (QED) is 0.486. The van der Waals surface area contributed by atoms with Crippen molar-refractivity contribution in [1.82, 2.24) is 4.98 Å². The van der Waals surface area contributed by atoms with Crippen LogP contribution in [0.25, 0.3) is 10.9 Å². The third kappa shape index (κ3) is 4.21. The molecule has 4 rings (SSSR count). The van der Waals surface area contributed by atoms with Crippen LogP contribution in [0.3, 0.4) is 0 Å². The molecule has 1 atom stereocenters. The van der Waals surface area contributed by atoms with Gasteiger partial charge in [-0.25, -0.2) is 9.59 Å². The first kappa shape index (κ1) is 20.8. The van der Waals surface area contributed by atoms with Crippen molar-refractivity contribution in [2.24, 2.45) is 0 Å². The molecule has 1 saturated carbocycles. The van der Waals surface area contributed by atoms with Crippen LogP contribution in [0.15, 0.2) is 42.6 Å². The number of fused-ring (bicyclic) bond motifs is 1.